The van der Waals surface area contributed by atoms with Crippen LogP contribution >= 0.6 is 24.8 Å². The first-order chi connectivity index (χ1) is 6.83. The highest BCUT2D eigenvalue weighted by Crippen LogP contribution is 2.26. The van der Waals surface area contributed by atoms with Crippen molar-refractivity contribution in [2.45, 2.75) is 38.3 Å². The van der Waals surface area contributed by atoms with Gasteiger partial charge in [-0.2, -0.15) is 5.10 Å². The van der Waals surface area contributed by atoms with Gasteiger partial charge in [0.1, 0.15) is 0 Å². The lowest BCUT2D eigenvalue weighted by Gasteiger charge is -2.08. The van der Waals surface area contributed by atoms with Crippen molar-refractivity contribution in [3.8, 4) is 0 Å². The molecule has 1 aliphatic rings. The van der Waals surface area contributed by atoms with Crippen LogP contribution < -0.4 is 5.73 Å². The summed E-state index contributed by atoms with van der Waals surface area (Å²) < 4.78 is 1.89. The second kappa shape index (κ2) is 7.12. The van der Waals surface area contributed by atoms with Crippen molar-refractivity contribution < 1.29 is 5.11 Å². The van der Waals surface area contributed by atoms with Crippen LogP contribution in [0.2, 0.25) is 0 Å². The lowest BCUT2D eigenvalue weighted by atomic mass is 10.1. The molecule has 0 fully saturated rings. The summed E-state index contributed by atoms with van der Waals surface area (Å²) in [5.41, 5.74) is 8.44. The van der Waals surface area contributed by atoms with E-state index in [0.717, 1.165) is 12.8 Å². The van der Waals surface area contributed by atoms with E-state index in [0.29, 0.717) is 6.54 Å². The molecule has 0 saturated heterocycles. The molecule has 0 amide bonds. The van der Waals surface area contributed by atoms with Crippen LogP contribution in [0.15, 0.2) is 6.20 Å². The molecule has 0 saturated carbocycles. The van der Waals surface area contributed by atoms with E-state index in [1.54, 1.807) is 0 Å². The molecular weight excluding hydrogens is 249 g/mol. The van der Waals surface area contributed by atoms with Crippen LogP contribution in [0.4, 0.5) is 0 Å². The molecule has 0 aromatic carbocycles. The Balaban J connectivity index is 0.00000112. The fourth-order valence-electron chi connectivity index (χ4n) is 2.11. The molecule has 0 radical (unpaired) electrons. The third-order valence-corrected chi connectivity index (χ3v) is 2.87. The first kappa shape index (κ1) is 15.7. The predicted octanol–water partition coefficient (Wildman–Crippen LogP) is 1.45. The van der Waals surface area contributed by atoms with Crippen LogP contribution in [-0.4, -0.2) is 21.5 Å². The average Bonchev–Trinajstić information content (AvgIpc) is 2.47. The topological polar surface area (TPSA) is 64.1 Å². The minimum atomic E-state index is 0. The van der Waals surface area contributed by atoms with Crippen molar-refractivity contribution in [2.24, 2.45) is 5.73 Å². The van der Waals surface area contributed by atoms with E-state index in [-0.39, 0.29) is 37.5 Å². The molecule has 2 rings (SSSR count). The minimum absolute atomic E-state index is 0. The third-order valence-electron chi connectivity index (χ3n) is 2.87. The summed E-state index contributed by atoms with van der Waals surface area (Å²) in [5, 5.41) is 13.1. The van der Waals surface area contributed by atoms with Crippen LogP contribution in [-0.2, 0) is 13.0 Å². The van der Waals surface area contributed by atoms with Gasteiger partial charge in [0.2, 0.25) is 0 Å². The largest absolute Gasteiger partial charge is 0.394 e. The molecule has 94 valence electrons. The van der Waals surface area contributed by atoms with Crippen molar-refractivity contribution in [1.82, 2.24) is 9.78 Å². The van der Waals surface area contributed by atoms with Crippen LogP contribution in [0.3, 0.4) is 0 Å². The Morgan fingerprint density at radius 3 is 2.88 bits per heavy atom. The maximum absolute atomic E-state index is 8.88. The maximum Gasteiger partial charge on any atom is 0.0644 e. The molecule has 16 heavy (non-hydrogen) atoms. The van der Waals surface area contributed by atoms with Crippen molar-refractivity contribution in [3.63, 3.8) is 0 Å². The van der Waals surface area contributed by atoms with Gasteiger partial charge < -0.3 is 10.8 Å². The first-order valence-electron chi connectivity index (χ1n) is 5.24. The van der Waals surface area contributed by atoms with Gasteiger partial charge in [0.05, 0.1) is 19.3 Å². The predicted molar refractivity (Wildman–Crippen MR) is 68.3 cm³/mol. The van der Waals surface area contributed by atoms with Gasteiger partial charge in [0.25, 0.3) is 0 Å². The lowest BCUT2D eigenvalue weighted by Crippen LogP contribution is -2.12. The zero-order valence-corrected chi connectivity index (χ0v) is 10.8. The van der Waals surface area contributed by atoms with Crippen molar-refractivity contribution in [3.05, 3.63) is 17.5 Å². The van der Waals surface area contributed by atoms with Gasteiger partial charge in [-0.15, -0.1) is 24.8 Å². The Hall–Kier alpha value is -0.290. The van der Waals surface area contributed by atoms with Crippen molar-refractivity contribution in [2.75, 3.05) is 6.61 Å². The summed E-state index contributed by atoms with van der Waals surface area (Å²) in [4.78, 5) is 0. The van der Waals surface area contributed by atoms with Crippen LogP contribution in [0, 0.1) is 0 Å². The van der Waals surface area contributed by atoms with Crippen LogP contribution in [0.1, 0.15) is 36.6 Å². The number of hydrogen-bond acceptors (Lipinski definition) is 3. The van der Waals surface area contributed by atoms with Gasteiger partial charge in [-0.3, -0.25) is 4.68 Å². The molecular formula is C10H19Cl2N3O. The summed E-state index contributed by atoms with van der Waals surface area (Å²) in [7, 11) is 0. The van der Waals surface area contributed by atoms with E-state index in [4.69, 9.17) is 10.8 Å². The second-order valence-corrected chi connectivity index (χ2v) is 3.85. The highest BCUT2D eigenvalue weighted by atomic mass is 35.5. The normalized spacial score (nSPS) is 19.0. The van der Waals surface area contributed by atoms with Crippen molar-refractivity contribution >= 4 is 24.8 Å². The molecule has 3 N–H and O–H groups in total. The van der Waals surface area contributed by atoms with Gasteiger partial charge in [-0.1, -0.05) is 6.42 Å². The molecule has 0 bridgehead atoms. The highest BCUT2D eigenvalue weighted by molar-refractivity contribution is 5.85. The smallest absolute Gasteiger partial charge is 0.0644 e. The third kappa shape index (κ3) is 3.10. The molecule has 1 unspecified atom stereocenters. The molecule has 1 heterocycles. The number of halogens is 2. The SMILES string of the molecule is Cl.Cl.NC1CCCCc2c1cnn2CCO. The fraction of sp³-hybridized carbons (Fsp3) is 0.700. The molecule has 0 spiro atoms. The van der Waals surface area contributed by atoms with Gasteiger partial charge in [0, 0.05) is 17.3 Å². The van der Waals surface area contributed by atoms with Gasteiger partial charge >= 0.3 is 0 Å². The van der Waals surface area contributed by atoms with Crippen molar-refractivity contribution in [1.29, 1.82) is 0 Å². The van der Waals surface area contributed by atoms with E-state index in [2.05, 4.69) is 5.10 Å². The molecule has 4 nitrogen and oxygen atoms in total. The van der Waals surface area contributed by atoms with Crippen LogP contribution in [0.25, 0.3) is 0 Å². The standard InChI is InChI=1S/C10H17N3O.2ClH/c11-9-3-1-2-4-10-8(9)7-12-13(10)5-6-14;;/h7,9,14H,1-6,11H2;2*1H. The highest BCUT2D eigenvalue weighted by Gasteiger charge is 2.19. The zero-order chi connectivity index (χ0) is 9.97. The maximum atomic E-state index is 8.88. The van der Waals surface area contributed by atoms with Crippen LogP contribution in [0.5, 0.6) is 0 Å². The summed E-state index contributed by atoms with van der Waals surface area (Å²) in [6, 6.07) is 0.139. The summed E-state index contributed by atoms with van der Waals surface area (Å²) >= 11 is 0. The van der Waals surface area contributed by atoms with Gasteiger partial charge in [-0.25, -0.2) is 0 Å². The zero-order valence-electron chi connectivity index (χ0n) is 9.13. The Labute approximate surface area is 108 Å². The molecule has 1 aromatic rings. The Kier molecular flexibility index (Phi) is 6.99. The Morgan fingerprint density at radius 1 is 1.44 bits per heavy atom. The Morgan fingerprint density at radius 2 is 2.19 bits per heavy atom. The number of aliphatic hydroxyl groups is 1. The molecule has 1 aromatic heterocycles. The van der Waals surface area contributed by atoms with E-state index in [1.165, 1.54) is 24.1 Å². The van der Waals surface area contributed by atoms with Gasteiger partial charge in [0.15, 0.2) is 0 Å². The monoisotopic (exact) mass is 267 g/mol. The minimum Gasteiger partial charge on any atom is -0.394 e. The van der Waals surface area contributed by atoms with E-state index < -0.39 is 0 Å². The molecule has 0 aliphatic heterocycles. The number of rotatable bonds is 2. The summed E-state index contributed by atoms with van der Waals surface area (Å²) in [6.45, 7) is 0.728. The Bertz CT molecular complexity index is 317. The first-order valence-corrected chi connectivity index (χ1v) is 5.24. The number of nitrogens with two attached hydrogens (primary N) is 1. The van der Waals surface area contributed by atoms with E-state index in [1.807, 2.05) is 10.9 Å². The number of aromatic nitrogens is 2. The second-order valence-electron chi connectivity index (χ2n) is 3.85. The number of aliphatic hydroxyl groups excluding tert-OH is 1. The average molecular weight is 268 g/mol. The number of nitrogens with zero attached hydrogens (tertiary/aromatic N) is 2. The van der Waals surface area contributed by atoms with E-state index in [9.17, 15) is 0 Å². The lowest BCUT2D eigenvalue weighted by molar-refractivity contribution is 0.267. The fourth-order valence-corrected chi connectivity index (χ4v) is 2.11. The van der Waals surface area contributed by atoms with E-state index >= 15 is 0 Å². The summed E-state index contributed by atoms with van der Waals surface area (Å²) in [6.07, 6.45) is 6.33. The molecule has 1 aliphatic carbocycles. The quantitative estimate of drug-likeness (QED) is 0.798. The number of hydrogen-bond donors (Lipinski definition) is 2. The number of fused-ring (bicyclic) bond motifs is 1. The summed E-state index contributed by atoms with van der Waals surface area (Å²) in [5.74, 6) is 0. The van der Waals surface area contributed by atoms with Gasteiger partial charge in [-0.05, 0) is 19.3 Å². The molecule has 1 atom stereocenters. The molecule has 6 heteroatoms.